The molecule has 0 radical (unpaired) electrons. The third-order valence-corrected chi connectivity index (χ3v) is 5.40. The van der Waals surface area contributed by atoms with E-state index in [4.69, 9.17) is 18.3 Å². The maximum Gasteiger partial charge on any atom is 0.350 e. The Hall–Kier alpha value is -5.25. The molecule has 2 aromatic heterocycles. The molecule has 0 amide bonds. The molecule has 0 fully saturated rings. The maximum absolute atomic E-state index is 12.9. The lowest BCUT2D eigenvalue weighted by Crippen LogP contribution is -2.11. The molecule has 0 saturated heterocycles. The summed E-state index contributed by atoms with van der Waals surface area (Å²) in [5.41, 5.74) is -0.419. The molecule has 0 N–H and O–H groups in total. The number of carbonyl (C=O) groups excluding carboxylic acids is 1. The number of nitro benzene ring substituents is 1. The van der Waals surface area contributed by atoms with E-state index in [9.17, 15) is 24.5 Å². The van der Waals surface area contributed by atoms with Crippen molar-refractivity contribution in [3.63, 3.8) is 0 Å². The molecule has 178 valence electrons. The SMILES string of the molecule is Cc1cc(=O)oc2cc(Oc3coc4cc(OC(=O)c5ccccc5[N+](=O)[O-])ccc4c3=O)ccc12. The molecule has 0 spiro atoms. The van der Waals surface area contributed by atoms with Crippen LogP contribution < -0.4 is 20.5 Å². The van der Waals surface area contributed by atoms with E-state index in [0.29, 0.717) is 5.58 Å². The minimum absolute atomic E-state index is 0.0300. The number of hydrogen-bond acceptors (Lipinski definition) is 9. The highest BCUT2D eigenvalue weighted by Gasteiger charge is 2.21. The number of ether oxygens (including phenoxy) is 2. The molecule has 0 atom stereocenters. The Bertz CT molecular complexity index is 1800. The first-order valence-corrected chi connectivity index (χ1v) is 10.5. The first kappa shape index (κ1) is 22.5. The molecular formula is C26H15NO9. The summed E-state index contributed by atoms with van der Waals surface area (Å²) >= 11 is 0. The summed E-state index contributed by atoms with van der Waals surface area (Å²) < 4.78 is 21.6. The smallest absolute Gasteiger partial charge is 0.350 e. The highest BCUT2D eigenvalue weighted by atomic mass is 16.6. The van der Waals surface area contributed by atoms with Crippen LogP contribution in [-0.2, 0) is 0 Å². The summed E-state index contributed by atoms with van der Waals surface area (Å²) in [7, 11) is 0. The van der Waals surface area contributed by atoms with Crippen molar-refractivity contribution in [2.45, 2.75) is 6.92 Å². The van der Waals surface area contributed by atoms with Gasteiger partial charge in [0, 0.05) is 29.7 Å². The summed E-state index contributed by atoms with van der Waals surface area (Å²) in [5, 5.41) is 12.1. The Morgan fingerprint density at radius 3 is 2.44 bits per heavy atom. The van der Waals surface area contributed by atoms with Crippen LogP contribution in [0.15, 0.2) is 91.4 Å². The van der Waals surface area contributed by atoms with Crippen molar-refractivity contribution in [3.8, 4) is 17.2 Å². The van der Waals surface area contributed by atoms with E-state index in [-0.39, 0.29) is 39.5 Å². The molecule has 5 aromatic rings. The van der Waals surface area contributed by atoms with E-state index in [0.717, 1.165) is 17.2 Å². The first-order chi connectivity index (χ1) is 17.3. The summed E-state index contributed by atoms with van der Waals surface area (Å²) in [5.74, 6) is -0.746. The molecule has 0 unspecified atom stereocenters. The van der Waals surface area contributed by atoms with Gasteiger partial charge in [-0.05, 0) is 42.8 Å². The molecule has 0 aliphatic heterocycles. The normalized spacial score (nSPS) is 10.9. The van der Waals surface area contributed by atoms with E-state index < -0.39 is 21.9 Å². The molecule has 36 heavy (non-hydrogen) atoms. The Morgan fingerprint density at radius 2 is 1.64 bits per heavy atom. The number of aryl methyl sites for hydroxylation is 1. The topological polar surface area (TPSA) is 139 Å². The second kappa shape index (κ2) is 8.84. The second-order valence-corrected chi connectivity index (χ2v) is 7.76. The lowest BCUT2D eigenvalue weighted by Gasteiger charge is -2.08. The van der Waals surface area contributed by atoms with Crippen molar-refractivity contribution in [1.29, 1.82) is 0 Å². The number of esters is 1. The fourth-order valence-electron chi connectivity index (χ4n) is 3.69. The van der Waals surface area contributed by atoms with Crippen molar-refractivity contribution in [3.05, 3.63) is 115 Å². The van der Waals surface area contributed by atoms with Crippen molar-refractivity contribution in [1.82, 2.24) is 0 Å². The van der Waals surface area contributed by atoms with Gasteiger partial charge in [0.1, 0.15) is 34.5 Å². The molecule has 3 aromatic carbocycles. The van der Waals surface area contributed by atoms with Gasteiger partial charge in [-0.2, -0.15) is 0 Å². The molecule has 5 rings (SSSR count). The molecule has 0 saturated carbocycles. The lowest BCUT2D eigenvalue weighted by atomic mass is 10.1. The van der Waals surface area contributed by atoms with Gasteiger partial charge in [0.15, 0.2) is 0 Å². The van der Waals surface area contributed by atoms with E-state index >= 15 is 0 Å². The summed E-state index contributed by atoms with van der Waals surface area (Å²) in [6.07, 6.45) is 1.11. The fraction of sp³-hybridized carbons (Fsp3) is 0.0385. The quantitative estimate of drug-likeness (QED) is 0.109. The minimum atomic E-state index is -0.929. The minimum Gasteiger partial charge on any atom is -0.460 e. The number of rotatable bonds is 5. The van der Waals surface area contributed by atoms with Gasteiger partial charge in [0.25, 0.3) is 5.69 Å². The van der Waals surface area contributed by atoms with Gasteiger partial charge in [-0.3, -0.25) is 14.9 Å². The van der Waals surface area contributed by atoms with Gasteiger partial charge < -0.3 is 18.3 Å². The molecule has 2 heterocycles. The summed E-state index contributed by atoms with van der Waals surface area (Å²) in [4.78, 5) is 47.6. The fourth-order valence-corrected chi connectivity index (χ4v) is 3.69. The number of nitro groups is 1. The number of benzene rings is 3. The average molecular weight is 485 g/mol. The van der Waals surface area contributed by atoms with Crippen molar-refractivity contribution < 1.29 is 28.0 Å². The van der Waals surface area contributed by atoms with Crippen LogP contribution in [0.2, 0.25) is 0 Å². The van der Waals surface area contributed by atoms with E-state index in [1.165, 1.54) is 54.6 Å². The number of hydrogen-bond donors (Lipinski definition) is 0. The highest BCUT2D eigenvalue weighted by Crippen LogP contribution is 2.28. The van der Waals surface area contributed by atoms with Gasteiger partial charge >= 0.3 is 11.6 Å². The van der Waals surface area contributed by atoms with Gasteiger partial charge in [0.2, 0.25) is 11.2 Å². The lowest BCUT2D eigenvalue weighted by molar-refractivity contribution is -0.385. The molecular weight excluding hydrogens is 470 g/mol. The molecule has 0 aliphatic rings. The zero-order chi connectivity index (χ0) is 25.4. The zero-order valence-corrected chi connectivity index (χ0v) is 18.5. The highest BCUT2D eigenvalue weighted by molar-refractivity contribution is 5.95. The third kappa shape index (κ3) is 4.18. The van der Waals surface area contributed by atoms with Crippen molar-refractivity contribution >= 4 is 33.6 Å². The molecule has 10 nitrogen and oxygen atoms in total. The van der Waals surface area contributed by atoms with Crippen molar-refractivity contribution in [2.75, 3.05) is 0 Å². The van der Waals surface area contributed by atoms with Gasteiger partial charge in [0.05, 0.1) is 10.3 Å². The summed E-state index contributed by atoms with van der Waals surface area (Å²) in [6, 6.07) is 15.7. The van der Waals surface area contributed by atoms with Crippen LogP contribution in [0.25, 0.3) is 21.9 Å². The standard InChI is InChI=1S/C26H15NO9/c1-14-10-24(28)36-22-12-15(6-8-17(14)22)34-23-13-33-21-11-16(7-9-19(21)25(23)29)35-26(30)18-4-2-3-5-20(18)27(31)32/h2-13H,1H3. The van der Waals surface area contributed by atoms with E-state index in [1.54, 1.807) is 19.1 Å². The van der Waals surface area contributed by atoms with Crippen LogP contribution in [0.3, 0.4) is 0 Å². The monoisotopic (exact) mass is 485 g/mol. The largest absolute Gasteiger partial charge is 0.460 e. The Balaban J connectivity index is 1.42. The average Bonchev–Trinajstić information content (AvgIpc) is 2.85. The number of fused-ring (bicyclic) bond motifs is 2. The molecule has 0 bridgehead atoms. The Labute approximate surface area is 201 Å². The molecule has 10 heteroatoms. The predicted molar refractivity (Wildman–Crippen MR) is 128 cm³/mol. The predicted octanol–water partition coefficient (Wildman–Crippen LogP) is 5.13. The Kier molecular flexibility index (Phi) is 5.53. The number of nitrogens with zero attached hydrogens (tertiary/aromatic N) is 1. The number of carbonyl (C=O) groups is 1. The van der Waals surface area contributed by atoms with E-state index in [2.05, 4.69) is 0 Å². The van der Waals surface area contributed by atoms with Crippen LogP contribution in [-0.4, -0.2) is 10.9 Å². The first-order valence-electron chi connectivity index (χ1n) is 10.5. The van der Waals surface area contributed by atoms with Crippen molar-refractivity contribution in [2.24, 2.45) is 0 Å². The van der Waals surface area contributed by atoms with Crippen LogP contribution in [0.1, 0.15) is 15.9 Å². The molecule has 0 aliphatic carbocycles. The zero-order valence-electron chi connectivity index (χ0n) is 18.5. The van der Waals surface area contributed by atoms with Crippen LogP contribution in [0.5, 0.6) is 17.2 Å². The maximum atomic E-state index is 12.9. The van der Waals surface area contributed by atoms with Gasteiger partial charge in [-0.1, -0.05) is 12.1 Å². The van der Waals surface area contributed by atoms with Crippen LogP contribution >= 0.6 is 0 Å². The summed E-state index contributed by atoms with van der Waals surface area (Å²) in [6.45, 7) is 1.78. The third-order valence-electron chi connectivity index (χ3n) is 5.40. The van der Waals surface area contributed by atoms with Crippen LogP contribution in [0.4, 0.5) is 5.69 Å². The van der Waals surface area contributed by atoms with E-state index in [1.807, 2.05) is 0 Å². The number of para-hydroxylation sites is 1. The second-order valence-electron chi connectivity index (χ2n) is 7.76. The van der Waals surface area contributed by atoms with Gasteiger partial charge in [-0.25, -0.2) is 9.59 Å². The Morgan fingerprint density at radius 1 is 0.917 bits per heavy atom. The van der Waals surface area contributed by atoms with Gasteiger partial charge in [-0.15, -0.1) is 0 Å². The van der Waals surface area contributed by atoms with Crippen LogP contribution in [0, 0.1) is 17.0 Å².